The zero-order chi connectivity index (χ0) is 15.4. The molecule has 1 unspecified atom stereocenters. The largest absolute Gasteiger partial charge is 0.453 e. The zero-order valence-electron chi connectivity index (χ0n) is 11.5. The Balaban J connectivity index is 2.16. The third-order valence-electron chi connectivity index (χ3n) is 2.99. The fourth-order valence-corrected chi connectivity index (χ4v) is 1.67. The van der Waals surface area contributed by atoms with Crippen molar-refractivity contribution in [1.82, 2.24) is 10.3 Å². The van der Waals surface area contributed by atoms with Gasteiger partial charge in [-0.15, -0.1) is 0 Å². The Morgan fingerprint density at radius 2 is 2.14 bits per heavy atom. The highest BCUT2D eigenvalue weighted by Crippen LogP contribution is 2.27. The maximum absolute atomic E-state index is 13.7. The van der Waals surface area contributed by atoms with E-state index in [9.17, 15) is 14.5 Å². The van der Waals surface area contributed by atoms with Gasteiger partial charge in [0, 0.05) is 12.1 Å². The third-order valence-corrected chi connectivity index (χ3v) is 2.99. The van der Waals surface area contributed by atoms with Crippen LogP contribution in [0.3, 0.4) is 0 Å². The van der Waals surface area contributed by atoms with Crippen molar-refractivity contribution in [3.8, 4) is 11.5 Å². The van der Waals surface area contributed by atoms with E-state index in [0.717, 1.165) is 11.8 Å². The topological polar surface area (TPSA) is 77.3 Å². The van der Waals surface area contributed by atoms with Crippen LogP contribution in [-0.2, 0) is 0 Å². The molecule has 21 heavy (non-hydrogen) atoms. The molecular weight excluding hydrogens is 277 g/mol. The van der Waals surface area contributed by atoms with Crippen LogP contribution in [0.2, 0.25) is 0 Å². The molecule has 1 aromatic carbocycles. The molecule has 7 heteroatoms. The van der Waals surface area contributed by atoms with Gasteiger partial charge in [0.1, 0.15) is 5.75 Å². The van der Waals surface area contributed by atoms with Crippen molar-refractivity contribution in [2.24, 2.45) is 0 Å². The van der Waals surface area contributed by atoms with Crippen molar-refractivity contribution < 1.29 is 14.1 Å². The molecule has 0 amide bonds. The molecular formula is C14H14FN3O3. The summed E-state index contributed by atoms with van der Waals surface area (Å²) < 4.78 is 19.0. The number of hydrogen-bond acceptors (Lipinski definition) is 5. The van der Waals surface area contributed by atoms with E-state index in [1.54, 1.807) is 12.1 Å². The second kappa shape index (κ2) is 6.27. The van der Waals surface area contributed by atoms with Crippen LogP contribution in [0, 0.1) is 15.9 Å². The predicted octanol–water partition coefficient (Wildman–Crippen LogP) is 3.20. The van der Waals surface area contributed by atoms with Gasteiger partial charge >= 0.3 is 0 Å². The van der Waals surface area contributed by atoms with Gasteiger partial charge in [-0.3, -0.25) is 15.1 Å². The van der Waals surface area contributed by atoms with Crippen LogP contribution in [-0.4, -0.2) is 17.0 Å². The number of nitrogens with one attached hydrogen (secondary N) is 1. The molecule has 0 fully saturated rings. The van der Waals surface area contributed by atoms with Gasteiger partial charge < -0.3 is 10.1 Å². The van der Waals surface area contributed by atoms with Gasteiger partial charge in [0.25, 0.3) is 5.69 Å². The Morgan fingerprint density at radius 3 is 2.67 bits per heavy atom. The minimum Gasteiger partial charge on any atom is -0.453 e. The molecule has 0 spiro atoms. The van der Waals surface area contributed by atoms with E-state index in [0.29, 0.717) is 5.75 Å². The number of halogens is 1. The van der Waals surface area contributed by atoms with Crippen LogP contribution in [0.1, 0.15) is 18.7 Å². The number of rotatable bonds is 5. The first kappa shape index (κ1) is 14.9. The molecule has 0 saturated heterocycles. The lowest BCUT2D eigenvalue weighted by Crippen LogP contribution is -2.13. The molecule has 1 atom stereocenters. The lowest BCUT2D eigenvalue weighted by molar-refractivity contribution is -0.385. The number of aromatic nitrogens is 1. The standard InChI is InChI=1S/C14H14FN3O3/c1-9(16-2)13-5-4-11(8-17-13)21-14-6-3-10(18(19)20)7-12(14)15/h3-9,16H,1-2H3. The molecule has 0 aliphatic heterocycles. The smallest absolute Gasteiger partial charge is 0.272 e. The third kappa shape index (κ3) is 3.51. The van der Waals surface area contributed by atoms with E-state index in [4.69, 9.17) is 4.74 Å². The number of non-ortho nitro benzene ring substituents is 1. The van der Waals surface area contributed by atoms with Crippen LogP contribution < -0.4 is 10.1 Å². The predicted molar refractivity (Wildman–Crippen MR) is 74.8 cm³/mol. The minimum absolute atomic E-state index is 0.0863. The Bertz CT molecular complexity index is 646. The highest BCUT2D eigenvalue weighted by Gasteiger charge is 2.12. The summed E-state index contributed by atoms with van der Waals surface area (Å²) in [4.78, 5) is 14.1. The number of nitrogens with zero attached hydrogens (tertiary/aromatic N) is 2. The molecule has 110 valence electrons. The molecule has 0 radical (unpaired) electrons. The van der Waals surface area contributed by atoms with E-state index in [1.165, 1.54) is 18.3 Å². The number of nitro groups is 1. The van der Waals surface area contributed by atoms with Crippen LogP contribution in [0.5, 0.6) is 11.5 Å². The molecule has 2 rings (SSSR count). The van der Waals surface area contributed by atoms with E-state index in [1.807, 2.05) is 14.0 Å². The van der Waals surface area contributed by atoms with Gasteiger partial charge in [-0.25, -0.2) is 4.39 Å². The molecule has 6 nitrogen and oxygen atoms in total. The lowest BCUT2D eigenvalue weighted by atomic mass is 10.2. The lowest BCUT2D eigenvalue weighted by Gasteiger charge is -2.10. The van der Waals surface area contributed by atoms with E-state index < -0.39 is 10.7 Å². The zero-order valence-corrected chi connectivity index (χ0v) is 11.5. The number of ether oxygens (including phenoxy) is 1. The van der Waals surface area contributed by atoms with Crippen molar-refractivity contribution in [3.05, 3.63) is 58.2 Å². The maximum Gasteiger partial charge on any atom is 0.272 e. The van der Waals surface area contributed by atoms with Crippen LogP contribution >= 0.6 is 0 Å². The van der Waals surface area contributed by atoms with Gasteiger partial charge in [-0.2, -0.15) is 0 Å². The summed E-state index contributed by atoms with van der Waals surface area (Å²) in [7, 11) is 1.82. The average molecular weight is 291 g/mol. The Hall–Kier alpha value is -2.54. The summed E-state index contributed by atoms with van der Waals surface area (Å²) >= 11 is 0. The average Bonchev–Trinajstić information content (AvgIpc) is 2.49. The van der Waals surface area contributed by atoms with Gasteiger partial charge in [0.05, 0.1) is 22.9 Å². The SMILES string of the molecule is CNC(C)c1ccc(Oc2ccc([N+](=O)[O-])cc2F)cn1. The Labute approximate surface area is 120 Å². The molecule has 1 aromatic heterocycles. The molecule has 0 aliphatic rings. The first-order chi connectivity index (χ1) is 10.0. The van der Waals surface area contributed by atoms with Crippen molar-refractivity contribution in [3.63, 3.8) is 0 Å². The van der Waals surface area contributed by atoms with Gasteiger partial charge in [0.2, 0.25) is 0 Å². The first-order valence-corrected chi connectivity index (χ1v) is 6.26. The number of nitro benzene ring substituents is 1. The van der Waals surface area contributed by atoms with Gasteiger partial charge in [-0.1, -0.05) is 0 Å². The summed E-state index contributed by atoms with van der Waals surface area (Å²) in [5, 5.41) is 13.6. The second-order valence-electron chi connectivity index (χ2n) is 4.40. The van der Waals surface area contributed by atoms with Crippen molar-refractivity contribution in [2.45, 2.75) is 13.0 Å². The number of pyridine rings is 1. The summed E-state index contributed by atoms with van der Waals surface area (Å²) in [6.07, 6.45) is 1.48. The fraction of sp³-hybridized carbons (Fsp3) is 0.214. The van der Waals surface area contributed by atoms with E-state index in [2.05, 4.69) is 10.3 Å². The summed E-state index contributed by atoms with van der Waals surface area (Å²) in [6, 6.07) is 6.74. The molecule has 0 aliphatic carbocycles. The van der Waals surface area contributed by atoms with Crippen LogP contribution in [0.4, 0.5) is 10.1 Å². The van der Waals surface area contributed by atoms with Gasteiger partial charge in [-0.05, 0) is 32.2 Å². The fourth-order valence-electron chi connectivity index (χ4n) is 1.67. The highest BCUT2D eigenvalue weighted by atomic mass is 19.1. The van der Waals surface area contributed by atoms with Crippen molar-refractivity contribution >= 4 is 5.69 Å². The summed E-state index contributed by atoms with van der Waals surface area (Å²) in [5.74, 6) is -0.525. The summed E-state index contributed by atoms with van der Waals surface area (Å²) in [6.45, 7) is 1.96. The quantitative estimate of drug-likeness (QED) is 0.676. The summed E-state index contributed by atoms with van der Waals surface area (Å²) in [5.41, 5.74) is 0.505. The molecule has 1 heterocycles. The molecule has 0 saturated carbocycles. The monoisotopic (exact) mass is 291 g/mol. The van der Waals surface area contributed by atoms with E-state index in [-0.39, 0.29) is 17.5 Å². The van der Waals surface area contributed by atoms with Crippen molar-refractivity contribution in [2.75, 3.05) is 7.05 Å². The van der Waals surface area contributed by atoms with Crippen molar-refractivity contribution in [1.29, 1.82) is 0 Å². The first-order valence-electron chi connectivity index (χ1n) is 6.26. The molecule has 0 bridgehead atoms. The normalized spacial score (nSPS) is 12.0. The van der Waals surface area contributed by atoms with Gasteiger partial charge in [0.15, 0.2) is 11.6 Å². The highest BCUT2D eigenvalue weighted by molar-refractivity contribution is 5.39. The Kier molecular flexibility index (Phi) is 4.44. The number of benzene rings is 1. The van der Waals surface area contributed by atoms with Crippen LogP contribution in [0.15, 0.2) is 36.5 Å². The number of hydrogen-bond donors (Lipinski definition) is 1. The minimum atomic E-state index is -0.795. The Morgan fingerprint density at radius 1 is 1.38 bits per heavy atom. The maximum atomic E-state index is 13.7. The molecule has 2 aromatic rings. The molecule has 1 N–H and O–H groups in total. The second-order valence-corrected chi connectivity index (χ2v) is 4.40. The van der Waals surface area contributed by atoms with E-state index >= 15 is 0 Å². The van der Waals surface area contributed by atoms with Crippen LogP contribution in [0.25, 0.3) is 0 Å².